The number of unbranched alkanes of at least 4 members (excludes halogenated alkanes) is 1. The number of allylic oxidation sites excluding steroid dienone is 3. The SMILES string of the molecule is NCCCCC1(CNCC(F)(F)F)C2=C(CCC=C2)c2ccccc21. The second-order valence-electron chi connectivity index (χ2n) is 6.93. The molecule has 2 aliphatic rings. The van der Waals surface area contributed by atoms with Crippen molar-refractivity contribution in [3.8, 4) is 0 Å². The maximum atomic E-state index is 12.7. The zero-order valence-corrected chi connectivity index (χ0v) is 14.3. The van der Waals surface area contributed by atoms with Crippen LogP contribution in [0.4, 0.5) is 13.2 Å². The van der Waals surface area contributed by atoms with Crippen LogP contribution in [0.3, 0.4) is 0 Å². The Hall–Kier alpha value is -1.59. The minimum Gasteiger partial charge on any atom is -0.330 e. The van der Waals surface area contributed by atoms with Gasteiger partial charge in [-0.2, -0.15) is 13.2 Å². The number of nitrogens with one attached hydrogen (secondary N) is 1. The molecule has 0 aliphatic heterocycles. The Morgan fingerprint density at radius 1 is 1.16 bits per heavy atom. The smallest absolute Gasteiger partial charge is 0.330 e. The lowest BCUT2D eigenvalue weighted by atomic mass is 9.72. The second kappa shape index (κ2) is 7.34. The molecule has 0 aromatic heterocycles. The lowest BCUT2D eigenvalue weighted by Crippen LogP contribution is -2.42. The van der Waals surface area contributed by atoms with Crippen LogP contribution in [-0.2, 0) is 5.41 Å². The summed E-state index contributed by atoms with van der Waals surface area (Å²) in [5.41, 5.74) is 10.1. The van der Waals surface area contributed by atoms with Crippen molar-refractivity contribution in [3.05, 3.63) is 53.1 Å². The highest BCUT2D eigenvalue weighted by Crippen LogP contribution is 2.52. The minimum absolute atomic E-state index is 0.303. The van der Waals surface area contributed by atoms with Crippen LogP contribution in [0.5, 0.6) is 0 Å². The van der Waals surface area contributed by atoms with E-state index in [-0.39, 0.29) is 5.41 Å². The lowest BCUT2D eigenvalue weighted by molar-refractivity contribution is -0.125. The Morgan fingerprint density at radius 2 is 1.96 bits per heavy atom. The van der Waals surface area contributed by atoms with E-state index in [1.807, 2.05) is 12.1 Å². The third-order valence-corrected chi connectivity index (χ3v) is 5.26. The molecular weight excluding hydrogens is 325 g/mol. The third kappa shape index (κ3) is 3.67. The number of rotatable bonds is 7. The normalized spacial score (nSPS) is 22.2. The van der Waals surface area contributed by atoms with E-state index in [1.165, 1.54) is 22.3 Å². The van der Waals surface area contributed by atoms with Gasteiger partial charge in [-0.05, 0) is 54.5 Å². The molecule has 0 saturated carbocycles. The van der Waals surface area contributed by atoms with E-state index < -0.39 is 12.7 Å². The molecule has 0 saturated heterocycles. The summed E-state index contributed by atoms with van der Waals surface area (Å²) in [6, 6.07) is 8.20. The number of hydrogen-bond acceptors (Lipinski definition) is 2. The molecule has 0 amide bonds. The summed E-state index contributed by atoms with van der Waals surface area (Å²) in [6.07, 6.45) is 4.63. The molecule has 0 radical (unpaired) electrons. The predicted molar refractivity (Wildman–Crippen MR) is 95.2 cm³/mol. The first-order chi connectivity index (χ1) is 12.0. The van der Waals surface area contributed by atoms with Crippen LogP contribution in [0, 0.1) is 0 Å². The van der Waals surface area contributed by atoms with E-state index in [9.17, 15) is 13.2 Å². The Morgan fingerprint density at radius 3 is 2.72 bits per heavy atom. The molecule has 5 heteroatoms. The zero-order chi connectivity index (χ0) is 17.9. The summed E-state index contributed by atoms with van der Waals surface area (Å²) >= 11 is 0. The predicted octanol–water partition coefficient (Wildman–Crippen LogP) is 4.32. The van der Waals surface area contributed by atoms with E-state index in [2.05, 4.69) is 29.6 Å². The number of halogens is 3. The van der Waals surface area contributed by atoms with Crippen LogP contribution in [0.2, 0.25) is 0 Å². The van der Waals surface area contributed by atoms with Crippen LogP contribution in [0.15, 0.2) is 42.0 Å². The fourth-order valence-corrected chi connectivity index (χ4v) is 4.24. The molecule has 1 unspecified atom stereocenters. The fourth-order valence-electron chi connectivity index (χ4n) is 4.24. The van der Waals surface area contributed by atoms with E-state index in [1.54, 1.807) is 0 Å². The van der Waals surface area contributed by atoms with Gasteiger partial charge in [0.05, 0.1) is 6.54 Å². The molecule has 136 valence electrons. The molecule has 1 aromatic rings. The molecule has 0 fully saturated rings. The number of alkyl halides is 3. The van der Waals surface area contributed by atoms with E-state index in [0.717, 1.165) is 32.1 Å². The largest absolute Gasteiger partial charge is 0.401 e. The van der Waals surface area contributed by atoms with Crippen LogP contribution in [0.25, 0.3) is 5.57 Å². The second-order valence-corrected chi connectivity index (χ2v) is 6.93. The van der Waals surface area contributed by atoms with Crippen LogP contribution in [0.1, 0.15) is 43.2 Å². The van der Waals surface area contributed by atoms with Gasteiger partial charge >= 0.3 is 6.18 Å². The standard InChI is InChI=1S/C20H25F3N2/c21-20(22,23)14-25-13-19(11-5-6-12-24)17-9-3-1-7-15(17)16-8-2-4-10-18(16)19/h1,3-4,7,9-10,25H,2,5-6,8,11-14,24H2. The van der Waals surface area contributed by atoms with Gasteiger partial charge in [0, 0.05) is 12.0 Å². The van der Waals surface area contributed by atoms with Crippen LogP contribution < -0.4 is 11.1 Å². The number of hydrogen-bond donors (Lipinski definition) is 2. The minimum atomic E-state index is -4.20. The molecule has 1 aromatic carbocycles. The molecule has 0 bridgehead atoms. The van der Waals surface area contributed by atoms with Crippen molar-refractivity contribution >= 4 is 5.57 Å². The van der Waals surface area contributed by atoms with Gasteiger partial charge in [0.2, 0.25) is 0 Å². The van der Waals surface area contributed by atoms with Crippen LogP contribution >= 0.6 is 0 Å². The molecule has 3 rings (SSSR count). The van der Waals surface area contributed by atoms with Crippen molar-refractivity contribution in [1.82, 2.24) is 5.32 Å². The number of benzene rings is 1. The van der Waals surface area contributed by atoms with Gasteiger partial charge in [0.1, 0.15) is 0 Å². The molecule has 25 heavy (non-hydrogen) atoms. The first-order valence-electron chi connectivity index (χ1n) is 8.95. The van der Waals surface area contributed by atoms with Crippen molar-refractivity contribution in [2.45, 2.75) is 43.7 Å². The Bertz CT molecular complexity index is 676. The fraction of sp³-hybridized carbons (Fsp3) is 0.500. The Labute approximate surface area is 147 Å². The first-order valence-corrected chi connectivity index (χ1v) is 8.95. The van der Waals surface area contributed by atoms with Crippen molar-refractivity contribution in [2.75, 3.05) is 19.6 Å². The van der Waals surface area contributed by atoms with Gasteiger partial charge < -0.3 is 11.1 Å². The highest BCUT2D eigenvalue weighted by atomic mass is 19.4. The maximum absolute atomic E-state index is 12.7. The van der Waals surface area contributed by atoms with Gasteiger partial charge in [-0.15, -0.1) is 0 Å². The van der Waals surface area contributed by atoms with Crippen molar-refractivity contribution < 1.29 is 13.2 Å². The molecule has 2 nitrogen and oxygen atoms in total. The summed E-state index contributed by atoms with van der Waals surface area (Å²) in [6.45, 7) is -0.0488. The number of nitrogens with two attached hydrogens (primary N) is 1. The molecule has 2 aliphatic carbocycles. The van der Waals surface area contributed by atoms with E-state index >= 15 is 0 Å². The summed E-state index contributed by atoms with van der Waals surface area (Å²) in [4.78, 5) is 0. The average Bonchev–Trinajstić information content (AvgIpc) is 2.86. The highest BCUT2D eigenvalue weighted by Gasteiger charge is 2.44. The summed E-state index contributed by atoms with van der Waals surface area (Å²) in [5, 5.41) is 2.68. The Kier molecular flexibility index (Phi) is 5.35. The number of fused-ring (bicyclic) bond motifs is 2. The average molecular weight is 350 g/mol. The summed E-state index contributed by atoms with van der Waals surface area (Å²) in [5.74, 6) is 0. The Balaban J connectivity index is 1.96. The molecule has 0 spiro atoms. The molecule has 0 heterocycles. The van der Waals surface area contributed by atoms with Crippen molar-refractivity contribution in [2.24, 2.45) is 5.73 Å². The zero-order valence-electron chi connectivity index (χ0n) is 14.3. The van der Waals surface area contributed by atoms with Crippen LogP contribution in [-0.4, -0.2) is 25.8 Å². The molecule has 3 N–H and O–H groups in total. The van der Waals surface area contributed by atoms with Gasteiger partial charge in [-0.1, -0.05) is 42.8 Å². The molecule has 1 atom stereocenters. The van der Waals surface area contributed by atoms with Gasteiger partial charge in [0.25, 0.3) is 0 Å². The quantitative estimate of drug-likeness (QED) is 0.719. The summed E-state index contributed by atoms with van der Waals surface area (Å²) in [7, 11) is 0. The van der Waals surface area contributed by atoms with Gasteiger partial charge in [-0.25, -0.2) is 0 Å². The monoisotopic (exact) mass is 350 g/mol. The van der Waals surface area contributed by atoms with E-state index in [0.29, 0.717) is 13.1 Å². The maximum Gasteiger partial charge on any atom is 0.401 e. The lowest BCUT2D eigenvalue weighted by Gasteiger charge is -2.34. The first kappa shape index (κ1) is 18.2. The van der Waals surface area contributed by atoms with Crippen molar-refractivity contribution in [3.63, 3.8) is 0 Å². The summed E-state index contributed by atoms with van der Waals surface area (Å²) < 4.78 is 38.1. The molecular formula is C20H25F3N2. The topological polar surface area (TPSA) is 38.0 Å². The third-order valence-electron chi connectivity index (χ3n) is 5.26. The van der Waals surface area contributed by atoms with Crippen molar-refractivity contribution in [1.29, 1.82) is 0 Å². The van der Waals surface area contributed by atoms with Gasteiger partial charge in [-0.3, -0.25) is 0 Å². The highest BCUT2D eigenvalue weighted by molar-refractivity contribution is 5.83. The van der Waals surface area contributed by atoms with Gasteiger partial charge in [0.15, 0.2) is 0 Å². The van der Waals surface area contributed by atoms with E-state index in [4.69, 9.17) is 5.73 Å².